The summed E-state index contributed by atoms with van der Waals surface area (Å²) in [7, 11) is 0. The Hall–Kier alpha value is -1.14. The first kappa shape index (κ1) is 34.9. The van der Waals surface area contributed by atoms with Gasteiger partial charge in [0, 0.05) is 0 Å². The lowest BCUT2D eigenvalue weighted by Gasteiger charge is -2.21. The summed E-state index contributed by atoms with van der Waals surface area (Å²) in [5.74, 6) is 3.32. The molecule has 0 aromatic heterocycles. The van der Waals surface area contributed by atoms with Crippen LogP contribution in [-0.2, 0) is 9.47 Å². The van der Waals surface area contributed by atoms with E-state index in [2.05, 4.69) is 54.2 Å². The third-order valence-corrected chi connectivity index (χ3v) is 7.69. The van der Waals surface area contributed by atoms with Crippen molar-refractivity contribution in [2.75, 3.05) is 30.5 Å². The molecule has 0 N–H and O–H groups in total. The predicted molar refractivity (Wildman–Crippen MR) is 160 cm³/mol. The van der Waals surface area contributed by atoms with Crippen molar-refractivity contribution in [1.29, 1.82) is 0 Å². The standard InChI is InChI=1S/C25H40O4S2.C5H12/c1-4-25(2,3)15-9-16-28-23(26)21-11-13-22(14-12-21)24(27)29-17-10-20-31-19-8-6-5-7-18-30;1-4-5(2)3/h11-14,30H,4-10,15-20H2,1-3H3;5H,4H2,1-3H3. The first-order chi connectivity index (χ1) is 17.2. The molecule has 0 heterocycles. The highest BCUT2D eigenvalue weighted by atomic mass is 32.2. The molecule has 0 aliphatic heterocycles. The van der Waals surface area contributed by atoms with Crippen molar-refractivity contribution in [1.82, 2.24) is 0 Å². The maximum absolute atomic E-state index is 12.1. The van der Waals surface area contributed by atoms with Crippen LogP contribution in [-0.4, -0.2) is 42.4 Å². The Kier molecular flexibility index (Phi) is 21.2. The molecule has 0 atom stereocenters. The molecule has 4 nitrogen and oxygen atoms in total. The average Bonchev–Trinajstić information content (AvgIpc) is 2.87. The number of hydrogen-bond acceptors (Lipinski definition) is 6. The van der Waals surface area contributed by atoms with Crippen molar-refractivity contribution in [3.05, 3.63) is 35.4 Å². The molecule has 0 aliphatic carbocycles. The molecule has 0 unspecified atom stereocenters. The highest BCUT2D eigenvalue weighted by Crippen LogP contribution is 2.25. The summed E-state index contributed by atoms with van der Waals surface area (Å²) in [6.45, 7) is 14.1. The fourth-order valence-corrected chi connectivity index (χ4v) is 4.06. The zero-order valence-corrected chi connectivity index (χ0v) is 25.5. The molecule has 0 fully saturated rings. The van der Waals surface area contributed by atoms with Gasteiger partial charge in [-0.3, -0.25) is 0 Å². The Labute approximate surface area is 231 Å². The lowest BCUT2D eigenvalue weighted by atomic mass is 9.85. The van der Waals surface area contributed by atoms with Crippen LogP contribution in [0.5, 0.6) is 0 Å². The number of unbranched alkanes of at least 4 members (excludes halogenated alkanes) is 3. The molecular formula is C30H52O4S2. The van der Waals surface area contributed by atoms with Crippen LogP contribution >= 0.6 is 24.4 Å². The van der Waals surface area contributed by atoms with E-state index in [0.717, 1.165) is 48.9 Å². The zero-order chi connectivity index (χ0) is 27.2. The van der Waals surface area contributed by atoms with Crippen molar-refractivity contribution >= 4 is 36.3 Å². The molecular weight excluding hydrogens is 488 g/mol. The van der Waals surface area contributed by atoms with Gasteiger partial charge in [0.25, 0.3) is 0 Å². The number of carbonyl (C=O) groups is 2. The van der Waals surface area contributed by atoms with Crippen LogP contribution in [0.1, 0.15) is 120 Å². The Bertz CT molecular complexity index is 687. The van der Waals surface area contributed by atoms with Crippen LogP contribution in [0.3, 0.4) is 0 Å². The van der Waals surface area contributed by atoms with Crippen molar-refractivity contribution in [2.24, 2.45) is 11.3 Å². The van der Waals surface area contributed by atoms with Crippen LogP contribution < -0.4 is 0 Å². The van der Waals surface area contributed by atoms with Gasteiger partial charge in [0.15, 0.2) is 0 Å². The fraction of sp³-hybridized carbons (Fsp3) is 0.733. The van der Waals surface area contributed by atoms with Gasteiger partial charge in [-0.1, -0.05) is 67.2 Å². The normalized spacial score (nSPS) is 11.1. The number of benzene rings is 1. The Morgan fingerprint density at radius 1 is 0.833 bits per heavy atom. The number of esters is 2. The molecule has 1 rings (SSSR count). The Balaban J connectivity index is 0.00000222. The SMILES string of the molecule is CCC(C)(C)CCCOC(=O)c1ccc(C(=O)OCCCSCCCCCCS)cc1.CCC(C)C. The Morgan fingerprint density at radius 2 is 1.31 bits per heavy atom. The van der Waals surface area contributed by atoms with Crippen LogP contribution in [0.15, 0.2) is 24.3 Å². The lowest BCUT2D eigenvalue weighted by Crippen LogP contribution is -2.13. The third kappa shape index (κ3) is 19.0. The first-order valence-corrected chi connectivity index (χ1v) is 15.6. The van der Waals surface area contributed by atoms with Crippen molar-refractivity contribution in [2.45, 2.75) is 99.3 Å². The van der Waals surface area contributed by atoms with Gasteiger partial charge in [-0.15, -0.1) is 0 Å². The van der Waals surface area contributed by atoms with Gasteiger partial charge in [-0.25, -0.2) is 9.59 Å². The Morgan fingerprint density at radius 3 is 1.78 bits per heavy atom. The number of hydrogen-bond donors (Lipinski definition) is 1. The molecule has 208 valence electrons. The minimum absolute atomic E-state index is 0.277. The van der Waals surface area contributed by atoms with Crippen LogP contribution in [0, 0.1) is 11.3 Å². The number of rotatable bonds is 18. The van der Waals surface area contributed by atoms with E-state index in [1.54, 1.807) is 24.3 Å². The summed E-state index contributed by atoms with van der Waals surface area (Å²) >= 11 is 6.13. The zero-order valence-electron chi connectivity index (χ0n) is 23.8. The van der Waals surface area contributed by atoms with Gasteiger partial charge >= 0.3 is 11.9 Å². The second-order valence-corrected chi connectivity index (χ2v) is 12.0. The second-order valence-electron chi connectivity index (χ2n) is 10.4. The maximum atomic E-state index is 12.1. The van der Waals surface area contributed by atoms with Gasteiger partial charge in [-0.2, -0.15) is 24.4 Å². The van der Waals surface area contributed by atoms with Gasteiger partial charge in [0.1, 0.15) is 0 Å². The van der Waals surface area contributed by atoms with Gasteiger partial charge in [-0.05, 0) is 85.0 Å². The first-order valence-electron chi connectivity index (χ1n) is 13.8. The fourth-order valence-electron chi connectivity index (χ4n) is 2.90. The minimum atomic E-state index is -0.350. The van der Waals surface area contributed by atoms with Crippen LogP contribution in [0.2, 0.25) is 0 Å². The summed E-state index contributed by atoms with van der Waals surface area (Å²) in [6.07, 6.45) is 10.1. The van der Waals surface area contributed by atoms with Crippen LogP contribution in [0.25, 0.3) is 0 Å². The van der Waals surface area contributed by atoms with E-state index in [1.807, 2.05) is 11.8 Å². The van der Waals surface area contributed by atoms with Crippen molar-refractivity contribution in [3.8, 4) is 0 Å². The molecule has 6 heteroatoms. The topological polar surface area (TPSA) is 52.6 Å². The van der Waals surface area contributed by atoms with Gasteiger partial charge in [0.2, 0.25) is 0 Å². The van der Waals surface area contributed by atoms with E-state index in [9.17, 15) is 9.59 Å². The molecule has 36 heavy (non-hydrogen) atoms. The monoisotopic (exact) mass is 540 g/mol. The molecule has 0 amide bonds. The summed E-state index contributed by atoms with van der Waals surface area (Å²) in [5.41, 5.74) is 1.19. The second kappa shape index (κ2) is 21.9. The smallest absolute Gasteiger partial charge is 0.338 e. The molecule has 0 spiro atoms. The van der Waals surface area contributed by atoms with Gasteiger partial charge < -0.3 is 9.47 Å². The van der Waals surface area contributed by atoms with Crippen molar-refractivity contribution in [3.63, 3.8) is 0 Å². The summed E-state index contributed by atoms with van der Waals surface area (Å²) in [5, 5.41) is 0. The molecule has 0 bridgehead atoms. The van der Waals surface area contributed by atoms with E-state index in [0.29, 0.717) is 24.3 Å². The third-order valence-electron chi connectivity index (χ3n) is 6.22. The maximum Gasteiger partial charge on any atom is 0.338 e. The van der Waals surface area contributed by atoms with E-state index in [1.165, 1.54) is 32.1 Å². The lowest BCUT2D eigenvalue weighted by molar-refractivity contribution is 0.0478. The molecule has 0 radical (unpaired) electrons. The molecule has 1 aromatic carbocycles. The summed E-state index contributed by atoms with van der Waals surface area (Å²) in [6, 6.07) is 6.49. The largest absolute Gasteiger partial charge is 0.462 e. The highest BCUT2D eigenvalue weighted by molar-refractivity contribution is 7.99. The summed E-state index contributed by atoms with van der Waals surface area (Å²) < 4.78 is 10.7. The number of ether oxygens (including phenoxy) is 2. The quantitative estimate of drug-likeness (QED) is 0.114. The van der Waals surface area contributed by atoms with E-state index in [-0.39, 0.29) is 17.4 Å². The molecule has 0 aliphatic rings. The predicted octanol–water partition coefficient (Wildman–Crippen LogP) is 8.88. The van der Waals surface area contributed by atoms with E-state index in [4.69, 9.17) is 9.47 Å². The van der Waals surface area contributed by atoms with Gasteiger partial charge in [0.05, 0.1) is 24.3 Å². The number of carbonyl (C=O) groups excluding carboxylic acids is 2. The summed E-state index contributed by atoms with van der Waals surface area (Å²) in [4.78, 5) is 24.3. The average molecular weight is 541 g/mol. The molecule has 0 saturated carbocycles. The van der Waals surface area contributed by atoms with E-state index < -0.39 is 0 Å². The molecule has 0 saturated heterocycles. The number of thiol groups is 1. The minimum Gasteiger partial charge on any atom is -0.462 e. The van der Waals surface area contributed by atoms with Crippen molar-refractivity contribution < 1.29 is 19.1 Å². The number of thioether (sulfide) groups is 1. The highest BCUT2D eigenvalue weighted by Gasteiger charge is 2.15. The molecule has 1 aromatic rings. The van der Waals surface area contributed by atoms with Crippen LogP contribution in [0.4, 0.5) is 0 Å². The van der Waals surface area contributed by atoms with E-state index >= 15 is 0 Å².